The van der Waals surface area contributed by atoms with Gasteiger partial charge >= 0.3 is 0 Å². The summed E-state index contributed by atoms with van der Waals surface area (Å²) in [6.45, 7) is 0. The number of hydrogen-bond donors (Lipinski definition) is 1. The Labute approximate surface area is 82.9 Å². The predicted molar refractivity (Wildman–Crippen MR) is 53.3 cm³/mol. The van der Waals surface area contributed by atoms with Gasteiger partial charge in [0.05, 0.1) is 0 Å². The summed E-state index contributed by atoms with van der Waals surface area (Å²) in [7, 11) is 0. The molecule has 0 spiro atoms. The molecule has 0 aliphatic rings. The first-order valence-electron chi connectivity index (χ1n) is 3.75. The van der Waals surface area contributed by atoms with Crippen LogP contribution >= 0.6 is 15.9 Å². The molecule has 13 heavy (non-hydrogen) atoms. The maximum atomic E-state index is 12.8. The molecule has 2 aromatic rings. The molecule has 0 atom stereocenters. The van der Waals surface area contributed by atoms with Crippen molar-refractivity contribution in [3.8, 4) is 5.75 Å². The second kappa shape index (κ2) is 3.00. The Morgan fingerprint density at radius 1 is 1.08 bits per heavy atom. The number of hydrogen-bond acceptors (Lipinski definition) is 1. The van der Waals surface area contributed by atoms with E-state index >= 15 is 0 Å². The van der Waals surface area contributed by atoms with Crippen LogP contribution in [0.4, 0.5) is 4.39 Å². The zero-order chi connectivity index (χ0) is 9.42. The Hall–Kier alpha value is -1.09. The van der Waals surface area contributed by atoms with Crippen LogP contribution in [0.2, 0.25) is 0 Å². The van der Waals surface area contributed by atoms with Gasteiger partial charge in [-0.15, -0.1) is 0 Å². The molecule has 2 rings (SSSR count). The van der Waals surface area contributed by atoms with Gasteiger partial charge in [-0.2, -0.15) is 0 Å². The zero-order valence-electron chi connectivity index (χ0n) is 6.59. The minimum absolute atomic E-state index is 0.0951. The van der Waals surface area contributed by atoms with Crippen molar-refractivity contribution in [1.82, 2.24) is 0 Å². The summed E-state index contributed by atoms with van der Waals surface area (Å²) in [6, 6.07) is 7.58. The van der Waals surface area contributed by atoms with Crippen molar-refractivity contribution in [1.29, 1.82) is 0 Å². The standard InChI is InChI=1S/C10H6BrFO/c11-9-3-4-10(13)8-5-6(12)1-2-7(8)9/h1-5,13H. The number of phenolic OH excluding ortho intramolecular Hbond substituents is 1. The van der Waals surface area contributed by atoms with E-state index in [0.717, 1.165) is 9.86 Å². The molecule has 0 saturated carbocycles. The molecule has 1 N–H and O–H groups in total. The molecule has 0 radical (unpaired) electrons. The summed E-state index contributed by atoms with van der Waals surface area (Å²) in [4.78, 5) is 0. The van der Waals surface area contributed by atoms with Gasteiger partial charge in [-0.25, -0.2) is 4.39 Å². The summed E-state index contributed by atoms with van der Waals surface area (Å²) < 4.78 is 13.7. The average Bonchev–Trinajstić information content (AvgIpc) is 2.12. The highest BCUT2D eigenvalue weighted by Gasteiger charge is 2.03. The van der Waals surface area contributed by atoms with Gasteiger partial charge in [-0.05, 0) is 29.7 Å². The van der Waals surface area contributed by atoms with Gasteiger partial charge in [-0.3, -0.25) is 0 Å². The molecular weight excluding hydrogens is 235 g/mol. The molecule has 2 aromatic carbocycles. The van der Waals surface area contributed by atoms with E-state index in [9.17, 15) is 9.50 Å². The molecule has 0 saturated heterocycles. The van der Waals surface area contributed by atoms with Gasteiger partial charge in [0.25, 0.3) is 0 Å². The van der Waals surface area contributed by atoms with Gasteiger partial charge in [0.15, 0.2) is 0 Å². The number of phenols is 1. The van der Waals surface area contributed by atoms with E-state index in [1.807, 2.05) is 0 Å². The molecular formula is C10H6BrFO. The Bertz CT molecular complexity index is 468. The fourth-order valence-electron chi connectivity index (χ4n) is 1.27. The fourth-order valence-corrected chi connectivity index (χ4v) is 1.75. The minimum Gasteiger partial charge on any atom is -0.507 e. The van der Waals surface area contributed by atoms with Crippen LogP contribution in [0.15, 0.2) is 34.8 Å². The number of benzene rings is 2. The van der Waals surface area contributed by atoms with Gasteiger partial charge in [0.1, 0.15) is 11.6 Å². The van der Waals surface area contributed by atoms with E-state index in [2.05, 4.69) is 15.9 Å². The van der Waals surface area contributed by atoms with Crippen molar-refractivity contribution in [2.75, 3.05) is 0 Å². The largest absolute Gasteiger partial charge is 0.507 e. The van der Waals surface area contributed by atoms with Crippen LogP contribution in [-0.2, 0) is 0 Å². The second-order valence-electron chi connectivity index (χ2n) is 2.76. The van der Waals surface area contributed by atoms with Crippen molar-refractivity contribution in [3.63, 3.8) is 0 Å². The molecule has 66 valence electrons. The average molecular weight is 241 g/mol. The fraction of sp³-hybridized carbons (Fsp3) is 0. The monoisotopic (exact) mass is 240 g/mol. The van der Waals surface area contributed by atoms with E-state index < -0.39 is 0 Å². The quantitative estimate of drug-likeness (QED) is 0.748. The molecule has 3 heteroatoms. The first-order valence-corrected chi connectivity index (χ1v) is 4.54. The molecule has 0 aliphatic carbocycles. The van der Waals surface area contributed by atoms with E-state index in [0.29, 0.717) is 5.39 Å². The molecule has 0 aromatic heterocycles. The normalized spacial score (nSPS) is 10.6. The van der Waals surface area contributed by atoms with Crippen LogP contribution in [0, 0.1) is 5.82 Å². The predicted octanol–water partition coefficient (Wildman–Crippen LogP) is 3.45. The van der Waals surface area contributed by atoms with Crippen LogP contribution in [0.1, 0.15) is 0 Å². The molecule has 0 unspecified atom stereocenters. The smallest absolute Gasteiger partial charge is 0.123 e. The molecule has 0 aliphatic heterocycles. The lowest BCUT2D eigenvalue weighted by Crippen LogP contribution is -1.78. The van der Waals surface area contributed by atoms with Crippen molar-refractivity contribution in [2.24, 2.45) is 0 Å². The van der Waals surface area contributed by atoms with Crippen molar-refractivity contribution in [3.05, 3.63) is 40.6 Å². The Morgan fingerprint density at radius 3 is 2.62 bits per heavy atom. The molecule has 1 nitrogen and oxygen atoms in total. The van der Waals surface area contributed by atoms with Crippen LogP contribution < -0.4 is 0 Å². The molecule has 0 heterocycles. The van der Waals surface area contributed by atoms with E-state index in [1.54, 1.807) is 12.1 Å². The summed E-state index contributed by atoms with van der Waals surface area (Å²) >= 11 is 3.32. The lowest BCUT2D eigenvalue weighted by Gasteiger charge is -2.02. The highest BCUT2D eigenvalue weighted by molar-refractivity contribution is 9.10. The minimum atomic E-state index is -0.346. The first-order chi connectivity index (χ1) is 6.18. The number of halogens is 2. The summed E-state index contributed by atoms with van der Waals surface area (Å²) in [5, 5.41) is 10.8. The maximum Gasteiger partial charge on any atom is 0.123 e. The number of fused-ring (bicyclic) bond motifs is 1. The van der Waals surface area contributed by atoms with E-state index in [1.165, 1.54) is 18.2 Å². The van der Waals surface area contributed by atoms with Crippen LogP contribution in [0.5, 0.6) is 5.75 Å². The van der Waals surface area contributed by atoms with E-state index in [4.69, 9.17) is 0 Å². The summed E-state index contributed by atoms with van der Waals surface area (Å²) in [5.74, 6) is -0.251. The highest BCUT2D eigenvalue weighted by atomic mass is 79.9. The van der Waals surface area contributed by atoms with Gasteiger partial charge in [0.2, 0.25) is 0 Å². The zero-order valence-corrected chi connectivity index (χ0v) is 8.18. The molecule has 0 amide bonds. The van der Waals surface area contributed by atoms with Crippen LogP contribution in [-0.4, -0.2) is 5.11 Å². The summed E-state index contributed by atoms with van der Waals surface area (Å²) in [6.07, 6.45) is 0. The van der Waals surface area contributed by atoms with Crippen molar-refractivity contribution >= 4 is 26.7 Å². The lowest BCUT2D eigenvalue weighted by atomic mass is 10.1. The lowest BCUT2D eigenvalue weighted by molar-refractivity contribution is 0.481. The Morgan fingerprint density at radius 2 is 1.85 bits per heavy atom. The number of rotatable bonds is 0. The maximum absolute atomic E-state index is 12.8. The van der Waals surface area contributed by atoms with Gasteiger partial charge < -0.3 is 5.11 Å². The molecule has 0 fully saturated rings. The Kier molecular flexibility index (Phi) is 1.96. The Balaban J connectivity index is 2.92. The highest BCUT2D eigenvalue weighted by Crippen LogP contribution is 2.31. The van der Waals surface area contributed by atoms with Crippen LogP contribution in [0.3, 0.4) is 0 Å². The SMILES string of the molecule is Oc1ccc(Br)c2ccc(F)cc12. The van der Waals surface area contributed by atoms with Crippen LogP contribution in [0.25, 0.3) is 10.8 Å². The van der Waals surface area contributed by atoms with Crippen molar-refractivity contribution < 1.29 is 9.50 Å². The second-order valence-corrected chi connectivity index (χ2v) is 3.61. The van der Waals surface area contributed by atoms with Gasteiger partial charge in [-0.1, -0.05) is 22.0 Å². The third kappa shape index (κ3) is 1.40. The van der Waals surface area contributed by atoms with E-state index in [-0.39, 0.29) is 11.6 Å². The third-order valence-electron chi connectivity index (χ3n) is 1.90. The molecule has 0 bridgehead atoms. The van der Waals surface area contributed by atoms with Gasteiger partial charge in [0, 0.05) is 9.86 Å². The number of aromatic hydroxyl groups is 1. The first kappa shape index (κ1) is 8.51. The van der Waals surface area contributed by atoms with Crippen molar-refractivity contribution in [2.45, 2.75) is 0 Å². The topological polar surface area (TPSA) is 20.2 Å². The third-order valence-corrected chi connectivity index (χ3v) is 2.59. The summed E-state index contributed by atoms with van der Waals surface area (Å²) in [5.41, 5.74) is 0.